The number of carbonyl (C=O) groups is 3. The van der Waals surface area contributed by atoms with E-state index in [1.165, 1.54) is 25.3 Å². The molecule has 2 rings (SSSR count). The summed E-state index contributed by atoms with van der Waals surface area (Å²) in [6.45, 7) is 2.77. The van der Waals surface area contributed by atoms with E-state index in [9.17, 15) is 14.4 Å². The van der Waals surface area contributed by atoms with Gasteiger partial charge >= 0.3 is 5.97 Å². The van der Waals surface area contributed by atoms with Crippen LogP contribution in [0.15, 0.2) is 18.2 Å². The van der Waals surface area contributed by atoms with Crippen LogP contribution in [0.25, 0.3) is 0 Å². The Morgan fingerprint density at radius 2 is 2.04 bits per heavy atom. The molecule has 1 N–H and O–H groups in total. The molecule has 1 saturated carbocycles. The number of esters is 1. The Labute approximate surface area is 152 Å². The van der Waals surface area contributed by atoms with E-state index in [-0.39, 0.29) is 23.7 Å². The van der Waals surface area contributed by atoms with Crippen LogP contribution in [0.3, 0.4) is 0 Å². The molecule has 2 amide bonds. The number of anilines is 1. The smallest absolute Gasteiger partial charge is 0.337 e. The van der Waals surface area contributed by atoms with Gasteiger partial charge in [0.05, 0.1) is 35.2 Å². The van der Waals surface area contributed by atoms with E-state index in [0.717, 1.165) is 12.8 Å². The van der Waals surface area contributed by atoms with Crippen LogP contribution in [0.5, 0.6) is 0 Å². The molecule has 7 heteroatoms. The monoisotopic (exact) mass is 366 g/mol. The van der Waals surface area contributed by atoms with Gasteiger partial charge in [0.2, 0.25) is 11.8 Å². The Kier molecular flexibility index (Phi) is 6.42. The van der Waals surface area contributed by atoms with Crippen LogP contribution in [-0.2, 0) is 14.3 Å². The second kappa shape index (κ2) is 8.34. The molecule has 2 atom stereocenters. The summed E-state index contributed by atoms with van der Waals surface area (Å²) in [6.07, 6.45) is 2.50. The summed E-state index contributed by atoms with van der Waals surface area (Å²) in [5.41, 5.74) is 0.636. The lowest BCUT2D eigenvalue weighted by molar-refractivity contribution is -0.132. The maximum absolute atomic E-state index is 12.4. The third-order valence-corrected chi connectivity index (χ3v) is 4.64. The molecule has 1 aliphatic carbocycles. The van der Waals surface area contributed by atoms with Crippen LogP contribution in [0, 0.1) is 11.8 Å². The number of carbonyl (C=O) groups excluding carboxylic acids is 3. The SMILES string of the molecule is CCCCN(C)C(=O)C1CC1C(=O)Nc1cc(C(=O)OC)ccc1Cl. The molecule has 0 bridgehead atoms. The average Bonchev–Trinajstić information content (AvgIpc) is 3.40. The quantitative estimate of drug-likeness (QED) is 0.753. The van der Waals surface area contributed by atoms with Gasteiger partial charge in [0.25, 0.3) is 0 Å². The summed E-state index contributed by atoms with van der Waals surface area (Å²) in [5.74, 6) is -1.39. The largest absolute Gasteiger partial charge is 0.465 e. The Morgan fingerprint density at radius 1 is 1.32 bits per heavy atom. The number of hydrogen-bond acceptors (Lipinski definition) is 4. The lowest BCUT2D eigenvalue weighted by Gasteiger charge is -2.16. The lowest BCUT2D eigenvalue weighted by Crippen LogP contribution is -2.30. The van der Waals surface area contributed by atoms with Crippen molar-refractivity contribution >= 4 is 35.1 Å². The van der Waals surface area contributed by atoms with Crippen molar-refractivity contribution in [3.05, 3.63) is 28.8 Å². The summed E-state index contributed by atoms with van der Waals surface area (Å²) in [4.78, 5) is 37.9. The number of nitrogens with one attached hydrogen (secondary N) is 1. The molecule has 0 aliphatic heterocycles. The number of hydrogen-bond donors (Lipinski definition) is 1. The molecule has 25 heavy (non-hydrogen) atoms. The number of methoxy groups -OCH3 is 1. The van der Waals surface area contributed by atoms with E-state index in [4.69, 9.17) is 11.6 Å². The van der Waals surface area contributed by atoms with Gasteiger partial charge in [0.1, 0.15) is 0 Å². The van der Waals surface area contributed by atoms with Crippen LogP contribution >= 0.6 is 11.6 Å². The lowest BCUT2D eigenvalue weighted by atomic mass is 10.2. The molecule has 0 spiro atoms. The molecular weight excluding hydrogens is 344 g/mol. The minimum atomic E-state index is -0.510. The number of benzene rings is 1. The molecule has 0 radical (unpaired) electrons. The zero-order chi connectivity index (χ0) is 18.6. The van der Waals surface area contributed by atoms with E-state index in [1.54, 1.807) is 11.9 Å². The highest BCUT2D eigenvalue weighted by Crippen LogP contribution is 2.41. The Morgan fingerprint density at radius 3 is 2.68 bits per heavy atom. The standard InChI is InChI=1S/C18H23ClN2O4/c1-4-5-8-21(2)17(23)13-10-12(13)16(22)20-15-9-11(18(24)25-3)6-7-14(15)19/h6-7,9,12-13H,4-5,8,10H2,1-3H3,(H,20,22). The number of rotatable bonds is 7. The fourth-order valence-corrected chi connectivity index (χ4v) is 2.80. The van der Waals surface area contributed by atoms with Crippen molar-refractivity contribution in [2.75, 3.05) is 26.0 Å². The minimum Gasteiger partial charge on any atom is -0.465 e. The molecule has 1 aliphatic rings. The predicted molar refractivity (Wildman–Crippen MR) is 95.6 cm³/mol. The Hall–Kier alpha value is -2.08. The zero-order valence-electron chi connectivity index (χ0n) is 14.7. The summed E-state index contributed by atoms with van der Waals surface area (Å²) in [7, 11) is 3.05. The van der Waals surface area contributed by atoms with Gasteiger partial charge in [-0.2, -0.15) is 0 Å². The van der Waals surface area contributed by atoms with Crippen molar-refractivity contribution in [3.63, 3.8) is 0 Å². The average molecular weight is 367 g/mol. The molecule has 136 valence electrons. The fraction of sp³-hybridized carbons (Fsp3) is 0.500. The normalized spacial score (nSPS) is 18.4. The van der Waals surface area contributed by atoms with Crippen molar-refractivity contribution in [2.45, 2.75) is 26.2 Å². The minimum absolute atomic E-state index is 0.00279. The molecule has 0 heterocycles. The van der Waals surface area contributed by atoms with Crippen molar-refractivity contribution < 1.29 is 19.1 Å². The van der Waals surface area contributed by atoms with Crippen molar-refractivity contribution in [3.8, 4) is 0 Å². The first-order valence-corrected chi connectivity index (χ1v) is 8.70. The van der Waals surface area contributed by atoms with Gasteiger partial charge in [0, 0.05) is 13.6 Å². The molecule has 1 aromatic carbocycles. The third kappa shape index (κ3) is 4.72. The van der Waals surface area contributed by atoms with Gasteiger partial charge in [-0.25, -0.2) is 4.79 Å². The summed E-state index contributed by atoms with van der Waals surface area (Å²) in [5, 5.41) is 3.03. The maximum Gasteiger partial charge on any atom is 0.337 e. The summed E-state index contributed by atoms with van der Waals surface area (Å²) in [6, 6.07) is 4.52. The molecule has 1 aromatic rings. The van der Waals surface area contributed by atoms with Crippen molar-refractivity contribution in [1.29, 1.82) is 0 Å². The van der Waals surface area contributed by atoms with E-state index < -0.39 is 5.97 Å². The Balaban J connectivity index is 1.97. The zero-order valence-corrected chi connectivity index (χ0v) is 15.4. The third-order valence-electron chi connectivity index (χ3n) is 4.31. The van der Waals surface area contributed by atoms with Crippen LogP contribution < -0.4 is 5.32 Å². The van der Waals surface area contributed by atoms with E-state index in [2.05, 4.69) is 17.0 Å². The second-order valence-electron chi connectivity index (χ2n) is 6.24. The van der Waals surface area contributed by atoms with Crippen LogP contribution in [-0.4, -0.2) is 43.4 Å². The van der Waals surface area contributed by atoms with Gasteiger partial charge in [-0.1, -0.05) is 24.9 Å². The summed E-state index contributed by atoms with van der Waals surface area (Å²) < 4.78 is 4.66. The Bertz CT molecular complexity index is 677. The van der Waals surface area contributed by atoms with E-state index in [0.29, 0.717) is 29.2 Å². The highest BCUT2D eigenvalue weighted by Gasteiger charge is 2.49. The van der Waals surface area contributed by atoms with Gasteiger partial charge in [-0.3, -0.25) is 9.59 Å². The number of amides is 2. The topological polar surface area (TPSA) is 75.7 Å². The second-order valence-corrected chi connectivity index (χ2v) is 6.64. The fourth-order valence-electron chi connectivity index (χ4n) is 2.64. The predicted octanol–water partition coefficient (Wildman–Crippen LogP) is 2.96. The number of ether oxygens (including phenoxy) is 1. The summed E-state index contributed by atoms with van der Waals surface area (Å²) >= 11 is 6.08. The first-order valence-electron chi connectivity index (χ1n) is 8.32. The van der Waals surface area contributed by atoms with Gasteiger partial charge < -0.3 is 15.0 Å². The highest BCUT2D eigenvalue weighted by atomic mass is 35.5. The van der Waals surface area contributed by atoms with Gasteiger partial charge in [-0.15, -0.1) is 0 Å². The van der Waals surface area contributed by atoms with Crippen LogP contribution in [0.2, 0.25) is 5.02 Å². The number of nitrogens with zero attached hydrogens (tertiary/aromatic N) is 1. The van der Waals surface area contributed by atoms with Crippen molar-refractivity contribution in [1.82, 2.24) is 4.90 Å². The number of halogens is 1. The van der Waals surface area contributed by atoms with Crippen molar-refractivity contribution in [2.24, 2.45) is 11.8 Å². The highest BCUT2D eigenvalue weighted by molar-refractivity contribution is 6.34. The number of unbranched alkanes of at least 4 members (excludes halogenated alkanes) is 1. The van der Waals surface area contributed by atoms with Gasteiger partial charge in [-0.05, 0) is 31.0 Å². The van der Waals surface area contributed by atoms with E-state index in [1.807, 2.05) is 0 Å². The first-order chi connectivity index (χ1) is 11.9. The molecule has 2 unspecified atom stereocenters. The van der Waals surface area contributed by atoms with E-state index >= 15 is 0 Å². The maximum atomic E-state index is 12.4. The molecular formula is C18H23ClN2O4. The molecule has 0 aromatic heterocycles. The van der Waals surface area contributed by atoms with Crippen LogP contribution in [0.1, 0.15) is 36.5 Å². The van der Waals surface area contributed by atoms with Crippen LogP contribution in [0.4, 0.5) is 5.69 Å². The van der Waals surface area contributed by atoms with Gasteiger partial charge in [0.15, 0.2) is 0 Å². The molecule has 6 nitrogen and oxygen atoms in total. The molecule has 0 saturated heterocycles. The molecule has 1 fully saturated rings. The first kappa shape index (κ1) is 19.2.